The Bertz CT molecular complexity index is 65.0. The summed E-state index contributed by atoms with van der Waals surface area (Å²) in [6.45, 7) is 10.6. The van der Waals surface area contributed by atoms with Crippen LogP contribution in [0.5, 0.6) is 0 Å². The highest BCUT2D eigenvalue weighted by atomic mass is 32.2. The third-order valence-electron chi connectivity index (χ3n) is 1.95. The van der Waals surface area contributed by atoms with Gasteiger partial charge in [-0.2, -0.15) is 11.8 Å². The summed E-state index contributed by atoms with van der Waals surface area (Å²) < 4.78 is 0.488. The fourth-order valence-electron chi connectivity index (χ4n) is 0.701. The third-order valence-corrected chi connectivity index (χ3v) is 3.42. The Balaban J connectivity index is 3.62. The lowest BCUT2D eigenvalue weighted by atomic mass is 10.1. The van der Waals surface area contributed by atoms with Gasteiger partial charge in [0, 0.05) is 4.75 Å². The summed E-state index contributed by atoms with van der Waals surface area (Å²) in [4.78, 5) is 0. The van der Waals surface area contributed by atoms with E-state index in [1.54, 1.807) is 0 Å². The van der Waals surface area contributed by atoms with Crippen LogP contribution in [0.4, 0.5) is 0 Å². The van der Waals surface area contributed by atoms with Crippen molar-refractivity contribution in [3.8, 4) is 0 Å². The van der Waals surface area contributed by atoms with Gasteiger partial charge in [0.15, 0.2) is 0 Å². The van der Waals surface area contributed by atoms with Crippen molar-refractivity contribution in [3.63, 3.8) is 0 Å². The van der Waals surface area contributed by atoms with Gasteiger partial charge in [-0.3, -0.25) is 0 Å². The van der Waals surface area contributed by atoms with Crippen LogP contribution < -0.4 is 0 Å². The van der Waals surface area contributed by atoms with Crippen molar-refractivity contribution in [2.45, 2.75) is 38.4 Å². The van der Waals surface area contributed by atoms with Gasteiger partial charge in [-0.05, 0) is 25.5 Å². The Hall–Kier alpha value is 0.350. The summed E-state index contributed by atoms with van der Waals surface area (Å²) in [6.07, 6.45) is 2.51. The van der Waals surface area contributed by atoms with Gasteiger partial charge < -0.3 is 0 Å². The highest BCUT2D eigenvalue weighted by Gasteiger charge is 2.17. The van der Waals surface area contributed by atoms with Crippen molar-refractivity contribution in [1.29, 1.82) is 0 Å². The zero-order chi connectivity index (χ0) is 7.33. The van der Waals surface area contributed by atoms with E-state index in [1.807, 2.05) is 11.8 Å². The Labute approximate surface area is 63.4 Å². The van der Waals surface area contributed by atoms with Crippen molar-refractivity contribution in [2.24, 2.45) is 0 Å². The molecule has 0 spiro atoms. The molecule has 0 bridgehead atoms. The lowest BCUT2D eigenvalue weighted by molar-refractivity contribution is 0.600. The predicted octanol–water partition coefficient (Wildman–Crippen LogP) is 3.13. The molecule has 1 heteroatoms. The van der Waals surface area contributed by atoms with E-state index in [4.69, 9.17) is 0 Å². The second kappa shape index (κ2) is 4.21. The Morgan fingerprint density at radius 1 is 1.33 bits per heavy atom. The molecule has 9 heavy (non-hydrogen) atoms. The third kappa shape index (κ3) is 3.14. The average molecular weight is 145 g/mol. The van der Waals surface area contributed by atoms with Crippen LogP contribution in [0.1, 0.15) is 33.6 Å². The van der Waals surface area contributed by atoms with Crippen LogP contribution in [-0.4, -0.2) is 10.5 Å². The molecule has 0 aliphatic heterocycles. The summed E-state index contributed by atoms with van der Waals surface area (Å²) >= 11 is 1.97. The molecule has 0 aliphatic rings. The summed E-state index contributed by atoms with van der Waals surface area (Å²) in [6, 6.07) is 0. The van der Waals surface area contributed by atoms with Crippen LogP contribution >= 0.6 is 11.8 Å². The maximum atomic E-state index is 3.83. The van der Waals surface area contributed by atoms with Gasteiger partial charge in [-0.25, -0.2) is 0 Å². The minimum atomic E-state index is 0.488. The molecule has 0 nitrogen and oxygen atoms in total. The molecule has 0 saturated carbocycles. The first-order chi connectivity index (χ1) is 4.18. The van der Waals surface area contributed by atoms with E-state index in [-0.39, 0.29) is 0 Å². The lowest BCUT2D eigenvalue weighted by Crippen LogP contribution is -2.17. The minimum absolute atomic E-state index is 0.488. The molecule has 0 aromatic heterocycles. The number of rotatable bonds is 4. The molecule has 0 rings (SSSR count). The van der Waals surface area contributed by atoms with E-state index < -0.39 is 0 Å². The van der Waals surface area contributed by atoms with Crippen molar-refractivity contribution in [2.75, 3.05) is 5.75 Å². The van der Waals surface area contributed by atoms with Crippen LogP contribution in [0, 0.1) is 6.92 Å². The maximum absolute atomic E-state index is 3.83. The fraction of sp³-hybridized carbons (Fsp3) is 0.875. The first-order valence-corrected chi connectivity index (χ1v) is 4.60. The zero-order valence-corrected chi connectivity index (χ0v) is 7.55. The molecule has 0 aromatic rings. The van der Waals surface area contributed by atoms with Gasteiger partial charge in [0.2, 0.25) is 0 Å². The normalized spacial score (nSPS) is 12.0. The maximum Gasteiger partial charge on any atom is 0.0126 e. The van der Waals surface area contributed by atoms with Crippen molar-refractivity contribution in [3.05, 3.63) is 6.92 Å². The topological polar surface area (TPSA) is 0 Å². The largest absolute Gasteiger partial charge is 0.155 e. The van der Waals surface area contributed by atoms with E-state index in [0.29, 0.717) is 4.75 Å². The van der Waals surface area contributed by atoms with Gasteiger partial charge >= 0.3 is 0 Å². The molecule has 55 valence electrons. The van der Waals surface area contributed by atoms with E-state index in [1.165, 1.54) is 12.8 Å². The standard InChI is InChI=1S/C8H17S/c1-5-8(4,6-2)9-7-3/h3,5-7H2,1-2,4H3. The molecule has 0 N–H and O–H groups in total. The Morgan fingerprint density at radius 2 is 1.78 bits per heavy atom. The summed E-state index contributed by atoms with van der Waals surface area (Å²) in [7, 11) is 0. The van der Waals surface area contributed by atoms with Crippen LogP contribution in [-0.2, 0) is 0 Å². The zero-order valence-electron chi connectivity index (χ0n) is 6.74. The highest BCUT2D eigenvalue weighted by Crippen LogP contribution is 2.30. The fourth-order valence-corrected chi connectivity index (χ4v) is 1.60. The van der Waals surface area contributed by atoms with E-state index in [2.05, 4.69) is 27.7 Å². The molecule has 0 atom stereocenters. The van der Waals surface area contributed by atoms with Gasteiger partial charge in [0.05, 0.1) is 0 Å². The van der Waals surface area contributed by atoms with Crippen molar-refractivity contribution >= 4 is 11.8 Å². The predicted molar refractivity (Wildman–Crippen MR) is 46.8 cm³/mol. The Morgan fingerprint density at radius 3 is 1.89 bits per heavy atom. The second-order valence-corrected chi connectivity index (χ2v) is 4.19. The molecule has 0 saturated heterocycles. The van der Waals surface area contributed by atoms with Crippen molar-refractivity contribution in [1.82, 2.24) is 0 Å². The lowest BCUT2D eigenvalue weighted by Gasteiger charge is -2.24. The number of hydrogen-bond donors (Lipinski definition) is 0. The first kappa shape index (κ1) is 9.35. The van der Waals surface area contributed by atoms with Crippen LogP contribution in [0.2, 0.25) is 0 Å². The second-order valence-electron chi connectivity index (χ2n) is 2.51. The molecule has 0 aliphatic carbocycles. The van der Waals surface area contributed by atoms with E-state index in [0.717, 1.165) is 5.75 Å². The molecular formula is C8H17S. The van der Waals surface area contributed by atoms with Gasteiger partial charge in [0.25, 0.3) is 0 Å². The quantitative estimate of drug-likeness (QED) is 0.585. The minimum Gasteiger partial charge on any atom is -0.155 e. The summed E-state index contributed by atoms with van der Waals surface area (Å²) in [5.41, 5.74) is 0. The molecule has 0 aromatic carbocycles. The Kier molecular flexibility index (Phi) is 4.37. The summed E-state index contributed by atoms with van der Waals surface area (Å²) in [5, 5.41) is 0. The average Bonchev–Trinajstić information content (AvgIpc) is 1.89. The van der Waals surface area contributed by atoms with Crippen LogP contribution in [0.15, 0.2) is 0 Å². The van der Waals surface area contributed by atoms with Crippen LogP contribution in [0.25, 0.3) is 0 Å². The molecular weight excluding hydrogens is 128 g/mol. The number of hydrogen-bond acceptors (Lipinski definition) is 1. The smallest absolute Gasteiger partial charge is 0.0126 e. The van der Waals surface area contributed by atoms with E-state index in [9.17, 15) is 0 Å². The highest BCUT2D eigenvalue weighted by molar-refractivity contribution is 8.00. The van der Waals surface area contributed by atoms with Gasteiger partial charge in [0.1, 0.15) is 0 Å². The first-order valence-electron chi connectivity index (χ1n) is 3.61. The van der Waals surface area contributed by atoms with Gasteiger partial charge in [-0.1, -0.05) is 20.8 Å². The molecule has 0 fully saturated rings. The molecule has 0 heterocycles. The summed E-state index contributed by atoms with van der Waals surface area (Å²) in [5.74, 6) is 0.998. The monoisotopic (exact) mass is 145 g/mol. The molecule has 0 amide bonds. The molecule has 0 unspecified atom stereocenters. The SMILES string of the molecule is [CH2]CSC(C)(CC)CC. The molecule has 1 radical (unpaired) electrons. The van der Waals surface area contributed by atoms with E-state index >= 15 is 0 Å². The van der Waals surface area contributed by atoms with Gasteiger partial charge in [-0.15, -0.1) is 0 Å². The number of thioether (sulfide) groups is 1. The van der Waals surface area contributed by atoms with Crippen LogP contribution in [0.3, 0.4) is 0 Å². The van der Waals surface area contributed by atoms with Crippen molar-refractivity contribution < 1.29 is 0 Å².